The molecule has 10 heteroatoms. The van der Waals surface area contributed by atoms with Crippen LogP contribution in [0.25, 0.3) is 0 Å². The number of amides is 3. The summed E-state index contributed by atoms with van der Waals surface area (Å²) in [4.78, 5) is 23.5. The van der Waals surface area contributed by atoms with Gasteiger partial charge in [0.15, 0.2) is 18.2 Å². The normalized spacial score (nSPS) is 12.8. The van der Waals surface area contributed by atoms with E-state index in [9.17, 15) is 9.59 Å². The maximum absolute atomic E-state index is 12.1. The van der Waals surface area contributed by atoms with Gasteiger partial charge in [-0.05, 0) is 18.6 Å². The van der Waals surface area contributed by atoms with Crippen molar-refractivity contribution in [2.75, 3.05) is 17.2 Å². The number of halogens is 1. The van der Waals surface area contributed by atoms with Gasteiger partial charge in [-0.25, -0.2) is 4.79 Å². The first kappa shape index (κ1) is 17.0. The van der Waals surface area contributed by atoms with Gasteiger partial charge in [-0.3, -0.25) is 4.79 Å². The Balaban J connectivity index is 1.63. The van der Waals surface area contributed by atoms with Crippen LogP contribution < -0.4 is 20.7 Å². The fourth-order valence-corrected chi connectivity index (χ4v) is 2.68. The number of ether oxygens (including phenoxy) is 1. The molecule has 1 aliphatic rings. The van der Waals surface area contributed by atoms with Crippen molar-refractivity contribution in [3.63, 3.8) is 0 Å². The Morgan fingerprint density at radius 2 is 2.32 bits per heavy atom. The molecule has 0 radical (unpaired) electrons. The van der Waals surface area contributed by atoms with Gasteiger partial charge in [0.25, 0.3) is 5.91 Å². The molecule has 1 aromatic heterocycles. The zero-order valence-corrected chi connectivity index (χ0v) is 14.3. The van der Waals surface area contributed by atoms with Crippen LogP contribution in [0.3, 0.4) is 0 Å². The maximum atomic E-state index is 12.1. The first-order valence-electron chi connectivity index (χ1n) is 7.74. The number of hydrogen-bond acceptors (Lipinski definition) is 5. The average molecular weight is 365 g/mol. The van der Waals surface area contributed by atoms with E-state index in [1.807, 2.05) is 11.5 Å². The summed E-state index contributed by atoms with van der Waals surface area (Å²) >= 11 is 6.12. The molecule has 25 heavy (non-hydrogen) atoms. The Morgan fingerprint density at radius 1 is 1.48 bits per heavy atom. The van der Waals surface area contributed by atoms with E-state index < -0.39 is 6.03 Å². The Morgan fingerprint density at radius 3 is 3.12 bits per heavy atom. The molecule has 0 aliphatic carbocycles. The van der Waals surface area contributed by atoms with Crippen LogP contribution in [-0.2, 0) is 17.9 Å². The number of carbonyl (C=O) groups excluding carboxylic acids is 2. The van der Waals surface area contributed by atoms with Gasteiger partial charge in [-0.15, -0.1) is 10.2 Å². The highest BCUT2D eigenvalue weighted by atomic mass is 35.5. The Kier molecular flexibility index (Phi) is 5.03. The summed E-state index contributed by atoms with van der Waals surface area (Å²) in [5.74, 6) is 0.779. The van der Waals surface area contributed by atoms with Gasteiger partial charge < -0.3 is 25.3 Å². The lowest BCUT2D eigenvalue weighted by atomic mass is 10.2. The lowest BCUT2D eigenvalue weighted by Gasteiger charge is -2.20. The number of anilines is 2. The van der Waals surface area contributed by atoms with Gasteiger partial charge >= 0.3 is 6.03 Å². The molecule has 0 unspecified atom stereocenters. The molecule has 3 rings (SSSR count). The molecule has 2 heterocycles. The second kappa shape index (κ2) is 7.39. The quantitative estimate of drug-likeness (QED) is 0.751. The summed E-state index contributed by atoms with van der Waals surface area (Å²) in [6.45, 7) is 2.99. The van der Waals surface area contributed by atoms with Gasteiger partial charge in [0.2, 0.25) is 0 Å². The SMILES string of the molecule is CCCn1cnnc1CNC(=O)Nc1cc(Cl)c2c(c1)NC(=O)CO2. The summed E-state index contributed by atoms with van der Waals surface area (Å²) in [5, 5.41) is 16.1. The lowest BCUT2D eigenvalue weighted by molar-refractivity contribution is -0.118. The van der Waals surface area contributed by atoms with Crippen molar-refractivity contribution in [1.29, 1.82) is 0 Å². The second-order valence-electron chi connectivity index (χ2n) is 5.42. The minimum atomic E-state index is -0.426. The fraction of sp³-hybridized carbons (Fsp3) is 0.333. The molecule has 2 aromatic rings. The third-order valence-electron chi connectivity index (χ3n) is 3.49. The van der Waals surface area contributed by atoms with E-state index in [0.717, 1.165) is 13.0 Å². The van der Waals surface area contributed by atoms with Crippen molar-refractivity contribution < 1.29 is 14.3 Å². The van der Waals surface area contributed by atoms with E-state index in [4.69, 9.17) is 16.3 Å². The first-order chi connectivity index (χ1) is 12.1. The van der Waals surface area contributed by atoms with Gasteiger partial charge in [-0.2, -0.15) is 0 Å². The van der Waals surface area contributed by atoms with Gasteiger partial charge in [0.05, 0.1) is 17.3 Å². The third kappa shape index (κ3) is 4.00. The van der Waals surface area contributed by atoms with Gasteiger partial charge in [-0.1, -0.05) is 18.5 Å². The van der Waals surface area contributed by atoms with E-state index in [2.05, 4.69) is 26.1 Å². The number of fused-ring (bicyclic) bond motifs is 1. The maximum Gasteiger partial charge on any atom is 0.319 e. The average Bonchev–Trinajstić information content (AvgIpc) is 3.00. The molecule has 0 fully saturated rings. The predicted molar refractivity (Wildman–Crippen MR) is 91.7 cm³/mol. The van der Waals surface area contributed by atoms with Crippen LogP contribution in [-0.4, -0.2) is 33.3 Å². The Labute approximate surface area is 148 Å². The second-order valence-corrected chi connectivity index (χ2v) is 5.83. The van der Waals surface area contributed by atoms with Crippen molar-refractivity contribution in [2.45, 2.75) is 26.4 Å². The van der Waals surface area contributed by atoms with Crippen LogP contribution in [0.1, 0.15) is 19.2 Å². The smallest absolute Gasteiger partial charge is 0.319 e. The van der Waals surface area contributed by atoms with Crippen LogP contribution in [0.5, 0.6) is 5.75 Å². The number of aromatic nitrogens is 3. The van der Waals surface area contributed by atoms with Gasteiger partial charge in [0, 0.05) is 12.2 Å². The molecule has 0 saturated carbocycles. The lowest BCUT2D eigenvalue weighted by Crippen LogP contribution is -2.30. The Bertz CT molecular complexity index is 807. The number of rotatable bonds is 5. The third-order valence-corrected chi connectivity index (χ3v) is 3.77. The minimum absolute atomic E-state index is 0.0849. The zero-order chi connectivity index (χ0) is 17.8. The summed E-state index contributed by atoms with van der Waals surface area (Å²) < 4.78 is 7.15. The Hall–Kier alpha value is -2.81. The number of hydrogen-bond donors (Lipinski definition) is 3. The molecule has 9 nitrogen and oxygen atoms in total. The molecule has 1 aliphatic heterocycles. The minimum Gasteiger partial charge on any atom is -0.480 e. The summed E-state index contributed by atoms with van der Waals surface area (Å²) in [7, 11) is 0. The summed E-state index contributed by atoms with van der Waals surface area (Å²) in [5.41, 5.74) is 0.851. The number of carbonyl (C=O) groups is 2. The van der Waals surface area contributed by atoms with Crippen molar-refractivity contribution in [3.8, 4) is 5.75 Å². The van der Waals surface area contributed by atoms with Crippen LogP contribution in [0.4, 0.5) is 16.2 Å². The highest BCUT2D eigenvalue weighted by Gasteiger charge is 2.20. The number of benzene rings is 1. The predicted octanol–water partition coefficient (Wildman–Crippen LogP) is 1.99. The van der Waals surface area contributed by atoms with Crippen LogP contribution >= 0.6 is 11.6 Å². The zero-order valence-electron chi connectivity index (χ0n) is 13.5. The molecule has 0 spiro atoms. The van der Waals surface area contributed by atoms with Gasteiger partial charge in [0.1, 0.15) is 6.33 Å². The number of nitrogens with zero attached hydrogens (tertiary/aromatic N) is 3. The van der Waals surface area contributed by atoms with Crippen LogP contribution in [0.2, 0.25) is 5.02 Å². The van der Waals surface area contributed by atoms with Crippen LogP contribution in [0.15, 0.2) is 18.5 Å². The molecule has 3 amide bonds. The molecule has 132 valence electrons. The molecule has 0 atom stereocenters. The number of nitrogens with one attached hydrogen (secondary N) is 3. The van der Waals surface area contributed by atoms with Crippen molar-refractivity contribution in [3.05, 3.63) is 29.3 Å². The molecule has 1 aromatic carbocycles. The van der Waals surface area contributed by atoms with E-state index in [1.165, 1.54) is 0 Å². The van der Waals surface area contributed by atoms with E-state index in [-0.39, 0.29) is 19.1 Å². The van der Waals surface area contributed by atoms with E-state index in [1.54, 1.807) is 18.5 Å². The number of urea groups is 1. The molecule has 0 bridgehead atoms. The highest BCUT2D eigenvalue weighted by molar-refractivity contribution is 6.33. The van der Waals surface area contributed by atoms with E-state index in [0.29, 0.717) is 28.0 Å². The van der Waals surface area contributed by atoms with E-state index >= 15 is 0 Å². The largest absolute Gasteiger partial charge is 0.480 e. The molecule has 0 saturated heterocycles. The van der Waals surface area contributed by atoms with Crippen LogP contribution in [0, 0.1) is 0 Å². The molecule has 3 N–H and O–H groups in total. The molecular formula is C15H17ClN6O3. The molecular weight excluding hydrogens is 348 g/mol. The number of aryl methyl sites for hydroxylation is 1. The summed E-state index contributed by atoms with van der Waals surface area (Å²) in [6, 6.07) is 2.71. The fourth-order valence-electron chi connectivity index (χ4n) is 2.41. The van der Waals surface area contributed by atoms with Crippen molar-refractivity contribution in [1.82, 2.24) is 20.1 Å². The highest BCUT2D eigenvalue weighted by Crippen LogP contribution is 2.38. The summed E-state index contributed by atoms with van der Waals surface area (Å²) in [6.07, 6.45) is 2.57. The first-order valence-corrected chi connectivity index (χ1v) is 8.12. The monoisotopic (exact) mass is 364 g/mol. The van der Waals surface area contributed by atoms with Crippen molar-refractivity contribution in [2.24, 2.45) is 0 Å². The standard InChI is InChI=1S/C15H17ClN6O3/c1-2-3-22-8-18-21-12(22)6-17-15(24)19-9-4-10(16)14-11(5-9)20-13(23)7-25-14/h4-5,8H,2-3,6-7H2,1H3,(H,20,23)(H2,17,19,24). The topological polar surface area (TPSA) is 110 Å². The van der Waals surface area contributed by atoms with Crippen molar-refractivity contribution >= 4 is 34.9 Å².